The van der Waals surface area contributed by atoms with E-state index in [0.717, 1.165) is 34.6 Å². The van der Waals surface area contributed by atoms with Gasteiger partial charge in [0.15, 0.2) is 0 Å². The van der Waals surface area contributed by atoms with Gasteiger partial charge < -0.3 is 0 Å². The van der Waals surface area contributed by atoms with Gasteiger partial charge in [-0.05, 0) is 43.2 Å². The van der Waals surface area contributed by atoms with Crippen LogP contribution in [0, 0.1) is 6.92 Å². The van der Waals surface area contributed by atoms with E-state index in [1.165, 1.54) is 5.56 Å². The van der Waals surface area contributed by atoms with Gasteiger partial charge in [-0.25, -0.2) is 4.68 Å². The van der Waals surface area contributed by atoms with Crippen LogP contribution >= 0.6 is 0 Å². The third-order valence-electron chi connectivity index (χ3n) is 4.58. The molecular weight excluding hydrogens is 310 g/mol. The molecule has 0 spiro atoms. The highest BCUT2D eigenvalue weighted by Crippen LogP contribution is 2.32. The Kier molecular flexibility index (Phi) is 3.73. The van der Waals surface area contributed by atoms with Gasteiger partial charge in [-0.3, -0.25) is 14.9 Å². The fourth-order valence-corrected chi connectivity index (χ4v) is 3.10. The second kappa shape index (κ2) is 6.06. The van der Waals surface area contributed by atoms with E-state index in [9.17, 15) is 4.79 Å². The first-order chi connectivity index (χ1) is 12.2. The maximum atomic E-state index is 12.9. The molecule has 4 rings (SSSR count). The van der Waals surface area contributed by atoms with Crippen molar-refractivity contribution in [3.05, 3.63) is 81.3 Å². The summed E-state index contributed by atoms with van der Waals surface area (Å²) in [7, 11) is 0. The van der Waals surface area contributed by atoms with E-state index in [1.54, 1.807) is 4.68 Å². The molecule has 1 N–H and O–H groups in total. The van der Waals surface area contributed by atoms with Gasteiger partial charge in [0.25, 0.3) is 5.56 Å². The number of fused-ring (bicyclic) bond motifs is 1. The summed E-state index contributed by atoms with van der Waals surface area (Å²) < 4.78 is 1.60. The van der Waals surface area contributed by atoms with Gasteiger partial charge in [-0.15, -0.1) is 0 Å². The monoisotopic (exact) mass is 329 g/mol. The van der Waals surface area contributed by atoms with Crippen LogP contribution in [0.1, 0.15) is 29.3 Å². The SMILES string of the molecule is CCc1ccc(-n2[nH]c(C)c(/C=C3/C=Nc4ccccc43)c2=O)cc1. The Morgan fingerprint density at radius 3 is 2.64 bits per heavy atom. The second-order valence-corrected chi connectivity index (χ2v) is 6.19. The van der Waals surface area contributed by atoms with Gasteiger partial charge in [0.1, 0.15) is 0 Å². The Labute approximate surface area is 146 Å². The van der Waals surface area contributed by atoms with Crippen molar-refractivity contribution in [1.29, 1.82) is 0 Å². The number of rotatable bonds is 3. The minimum absolute atomic E-state index is 0.0490. The summed E-state index contributed by atoms with van der Waals surface area (Å²) in [6, 6.07) is 16.0. The Morgan fingerprint density at radius 2 is 1.88 bits per heavy atom. The molecule has 1 aliphatic heterocycles. The number of aromatic amines is 1. The van der Waals surface area contributed by atoms with Crippen LogP contribution in [0.15, 0.2) is 58.3 Å². The minimum atomic E-state index is -0.0490. The Bertz CT molecular complexity index is 1050. The molecule has 1 aromatic heterocycles. The third kappa shape index (κ3) is 2.66. The van der Waals surface area contributed by atoms with Crippen LogP contribution in [0.4, 0.5) is 5.69 Å². The van der Waals surface area contributed by atoms with Gasteiger partial charge >= 0.3 is 0 Å². The molecule has 2 aromatic carbocycles. The topological polar surface area (TPSA) is 50.1 Å². The summed E-state index contributed by atoms with van der Waals surface area (Å²) in [5.74, 6) is 0. The normalized spacial score (nSPS) is 14.2. The summed E-state index contributed by atoms with van der Waals surface area (Å²) in [5.41, 5.74) is 6.51. The van der Waals surface area contributed by atoms with Crippen molar-refractivity contribution in [3.8, 4) is 5.69 Å². The summed E-state index contributed by atoms with van der Waals surface area (Å²) >= 11 is 0. The average molecular weight is 329 g/mol. The molecule has 4 heteroatoms. The fraction of sp³-hybridized carbons (Fsp3) is 0.143. The van der Waals surface area contributed by atoms with Gasteiger partial charge in [0.2, 0.25) is 0 Å². The van der Waals surface area contributed by atoms with Crippen molar-refractivity contribution >= 4 is 23.6 Å². The van der Waals surface area contributed by atoms with Crippen molar-refractivity contribution in [2.75, 3.05) is 0 Å². The standard InChI is InChI=1S/C21H19N3O/c1-3-15-8-10-17(11-9-15)24-21(25)19(14(2)23-24)12-16-13-22-20-7-5-4-6-18(16)20/h4-13,23H,3H2,1-2H3/b16-12-. The first kappa shape index (κ1) is 15.4. The Hall–Kier alpha value is -3.14. The van der Waals surface area contributed by atoms with Crippen LogP contribution in [0.25, 0.3) is 17.3 Å². The molecule has 3 aromatic rings. The number of aliphatic imine (C=N–C) groups is 1. The summed E-state index contributed by atoms with van der Waals surface area (Å²) in [6.45, 7) is 4.04. The zero-order valence-electron chi connectivity index (χ0n) is 14.3. The Balaban J connectivity index is 1.78. The first-order valence-electron chi connectivity index (χ1n) is 8.43. The van der Waals surface area contributed by atoms with E-state index in [1.807, 2.05) is 55.6 Å². The number of nitrogens with one attached hydrogen (secondary N) is 1. The molecule has 2 heterocycles. The van der Waals surface area contributed by atoms with E-state index in [4.69, 9.17) is 0 Å². The van der Waals surface area contributed by atoms with Crippen LogP contribution in [0.2, 0.25) is 0 Å². The summed E-state index contributed by atoms with van der Waals surface area (Å²) in [4.78, 5) is 17.3. The molecule has 0 saturated heterocycles. The van der Waals surface area contributed by atoms with Crippen LogP contribution in [0.5, 0.6) is 0 Å². The lowest BCUT2D eigenvalue weighted by Crippen LogP contribution is -2.16. The molecule has 0 unspecified atom stereocenters. The number of hydrogen-bond acceptors (Lipinski definition) is 2. The van der Waals surface area contributed by atoms with Gasteiger partial charge in [0, 0.05) is 23.0 Å². The zero-order chi connectivity index (χ0) is 17.4. The molecule has 0 bridgehead atoms. The van der Waals surface area contributed by atoms with E-state index in [2.05, 4.69) is 29.1 Å². The summed E-state index contributed by atoms with van der Waals surface area (Å²) in [6.07, 6.45) is 4.71. The summed E-state index contributed by atoms with van der Waals surface area (Å²) in [5, 5.41) is 3.18. The minimum Gasteiger partial charge on any atom is -0.295 e. The maximum Gasteiger partial charge on any atom is 0.278 e. The number of aromatic nitrogens is 2. The van der Waals surface area contributed by atoms with Crippen molar-refractivity contribution in [2.24, 2.45) is 4.99 Å². The molecule has 124 valence electrons. The number of benzene rings is 2. The van der Waals surface area contributed by atoms with Crippen molar-refractivity contribution in [2.45, 2.75) is 20.3 Å². The Morgan fingerprint density at radius 1 is 1.12 bits per heavy atom. The number of para-hydroxylation sites is 1. The smallest absolute Gasteiger partial charge is 0.278 e. The van der Waals surface area contributed by atoms with Crippen LogP contribution in [-0.4, -0.2) is 16.0 Å². The number of H-pyrrole nitrogens is 1. The number of aryl methyl sites for hydroxylation is 2. The highest BCUT2D eigenvalue weighted by molar-refractivity contribution is 6.21. The van der Waals surface area contributed by atoms with Gasteiger partial charge in [-0.1, -0.05) is 37.3 Å². The molecule has 4 nitrogen and oxygen atoms in total. The molecule has 0 aliphatic carbocycles. The second-order valence-electron chi connectivity index (χ2n) is 6.19. The quantitative estimate of drug-likeness (QED) is 0.765. The average Bonchev–Trinajstić information content (AvgIpc) is 3.18. The highest BCUT2D eigenvalue weighted by atomic mass is 16.1. The van der Waals surface area contributed by atoms with Gasteiger partial charge in [-0.2, -0.15) is 0 Å². The van der Waals surface area contributed by atoms with E-state index < -0.39 is 0 Å². The molecule has 1 aliphatic rings. The first-order valence-corrected chi connectivity index (χ1v) is 8.43. The van der Waals surface area contributed by atoms with Crippen molar-refractivity contribution < 1.29 is 0 Å². The van der Waals surface area contributed by atoms with Crippen LogP contribution < -0.4 is 5.56 Å². The van der Waals surface area contributed by atoms with Crippen molar-refractivity contribution in [3.63, 3.8) is 0 Å². The third-order valence-corrected chi connectivity index (χ3v) is 4.58. The van der Waals surface area contributed by atoms with E-state index >= 15 is 0 Å². The van der Waals surface area contributed by atoms with E-state index in [-0.39, 0.29) is 5.56 Å². The fourth-order valence-electron chi connectivity index (χ4n) is 3.10. The molecule has 0 fully saturated rings. The van der Waals surface area contributed by atoms with Crippen LogP contribution in [-0.2, 0) is 6.42 Å². The van der Waals surface area contributed by atoms with E-state index in [0.29, 0.717) is 5.56 Å². The molecule has 0 atom stereocenters. The van der Waals surface area contributed by atoms with Gasteiger partial charge in [0.05, 0.1) is 16.9 Å². The molecular formula is C21H19N3O. The van der Waals surface area contributed by atoms with Crippen LogP contribution in [0.3, 0.4) is 0 Å². The number of hydrogen-bond donors (Lipinski definition) is 1. The number of nitrogens with zero attached hydrogens (tertiary/aromatic N) is 2. The predicted molar refractivity (Wildman–Crippen MR) is 103 cm³/mol. The zero-order valence-corrected chi connectivity index (χ0v) is 14.3. The molecule has 0 radical (unpaired) electrons. The highest BCUT2D eigenvalue weighted by Gasteiger charge is 2.15. The lowest BCUT2D eigenvalue weighted by molar-refractivity contribution is 0.834. The lowest BCUT2D eigenvalue weighted by atomic mass is 10.0. The van der Waals surface area contributed by atoms with Crippen molar-refractivity contribution in [1.82, 2.24) is 9.78 Å². The number of allylic oxidation sites excluding steroid dienone is 1. The predicted octanol–water partition coefficient (Wildman–Crippen LogP) is 4.29. The molecule has 0 amide bonds. The molecule has 0 saturated carbocycles. The lowest BCUT2D eigenvalue weighted by Gasteiger charge is -2.02. The molecule has 25 heavy (non-hydrogen) atoms. The maximum absolute atomic E-state index is 12.9. The largest absolute Gasteiger partial charge is 0.295 e.